The maximum absolute atomic E-state index is 13.4. The summed E-state index contributed by atoms with van der Waals surface area (Å²) in [5, 5.41) is 3.84. The lowest BCUT2D eigenvalue weighted by Crippen LogP contribution is -2.06. The number of benzene rings is 1. The molecule has 124 valence electrons. The number of carbonyl (C=O) groups excluding carboxylic acids is 1. The van der Waals surface area contributed by atoms with E-state index < -0.39 is 12.4 Å². The summed E-state index contributed by atoms with van der Waals surface area (Å²) >= 11 is 0. The molecule has 1 aromatic carbocycles. The molecule has 7 heteroatoms. The number of fused-ring (bicyclic) bond motifs is 1. The van der Waals surface area contributed by atoms with E-state index in [1.807, 2.05) is 31.2 Å². The Morgan fingerprint density at radius 3 is 2.58 bits per heavy atom. The molecule has 5 nitrogen and oxygen atoms in total. The van der Waals surface area contributed by atoms with Gasteiger partial charge in [0.1, 0.15) is 11.3 Å². The van der Waals surface area contributed by atoms with Crippen molar-refractivity contribution >= 4 is 11.6 Å². The van der Waals surface area contributed by atoms with Crippen molar-refractivity contribution in [3.05, 3.63) is 53.3 Å². The molecule has 2 heterocycles. The molecule has 0 saturated heterocycles. The van der Waals surface area contributed by atoms with E-state index in [0.717, 1.165) is 16.5 Å². The summed E-state index contributed by atoms with van der Waals surface area (Å²) in [4.78, 5) is 16.1. The molecule has 2 aromatic heterocycles. The number of alkyl halides is 2. The van der Waals surface area contributed by atoms with E-state index in [1.54, 1.807) is 0 Å². The smallest absolute Gasteiger partial charge is 0.343 e. The lowest BCUT2D eigenvalue weighted by atomic mass is 10.1. The predicted octanol–water partition coefficient (Wildman–Crippen LogP) is 3.68. The normalized spacial score (nSPS) is 11.2. The maximum Gasteiger partial charge on any atom is 0.343 e. The average molecular weight is 331 g/mol. The third kappa shape index (κ3) is 2.73. The van der Waals surface area contributed by atoms with E-state index in [-0.39, 0.29) is 16.9 Å². The maximum atomic E-state index is 13.4. The van der Waals surface area contributed by atoms with Gasteiger partial charge in [-0.15, -0.1) is 0 Å². The van der Waals surface area contributed by atoms with Gasteiger partial charge in [-0.3, -0.25) is 0 Å². The van der Waals surface area contributed by atoms with Crippen LogP contribution in [-0.4, -0.2) is 27.7 Å². The zero-order valence-electron chi connectivity index (χ0n) is 13.2. The van der Waals surface area contributed by atoms with Gasteiger partial charge in [-0.25, -0.2) is 23.1 Å². The number of aromatic nitrogens is 3. The number of esters is 1. The van der Waals surface area contributed by atoms with Crippen LogP contribution in [0.1, 0.15) is 35.0 Å². The molecule has 0 bridgehead atoms. The Hall–Kier alpha value is -2.83. The Balaban J connectivity index is 2.22. The van der Waals surface area contributed by atoms with E-state index in [2.05, 4.69) is 14.8 Å². The van der Waals surface area contributed by atoms with Crippen molar-refractivity contribution in [1.29, 1.82) is 0 Å². The Labute approximate surface area is 136 Å². The zero-order valence-corrected chi connectivity index (χ0v) is 13.2. The molecule has 0 fully saturated rings. The number of rotatable bonds is 4. The molecule has 0 radical (unpaired) electrons. The van der Waals surface area contributed by atoms with Gasteiger partial charge in [-0.05, 0) is 18.1 Å². The number of carbonyl (C=O) groups is 1. The van der Waals surface area contributed by atoms with Gasteiger partial charge >= 0.3 is 5.97 Å². The zero-order chi connectivity index (χ0) is 17.3. The van der Waals surface area contributed by atoms with Gasteiger partial charge in [0, 0.05) is 5.56 Å². The molecule has 0 saturated carbocycles. The van der Waals surface area contributed by atoms with Crippen LogP contribution in [-0.2, 0) is 11.2 Å². The molecule has 0 spiro atoms. The highest BCUT2D eigenvalue weighted by molar-refractivity contribution is 5.95. The monoisotopic (exact) mass is 331 g/mol. The summed E-state index contributed by atoms with van der Waals surface area (Å²) in [7, 11) is 1.22. The molecule has 0 unspecified atom stereocenters. The van der Waals surface area contributed by atoms with E-state index in [1.165, 1.54) is 19.4 Å². The van der Waals surface area contributed by atoms with Crippen LogP contribution in [0.25, 0.3) is 16.9 Å². The van der Waals surface area contributed by atoms with Crippen LogP contribution in [0.15, 0.2) is 36.5 Å². The third-order valence-electron chi connectivity index (χ3n) is 3.79. The Morgan fingerprint density at radius 2 is 2.00 bits per heavy atom. The molecule has 0 N–H and O–H groups in total. The second kappa shape index (κ2) is 6.35. The van der Waals surface area contributed by atoms with Crippen molar-refractivity contribution < 1.29 is 18.3 Å². The number of hydrogen-bond acceptors (Lipinski definition) is 4. The minimum absolute atomic E-state index is 0.0476. The van der Waals surface area contributed by atoms with Gasteiger partial charge < -0.3 is 4.74 Å². The van der Waals surface area contributed by atoms with Crippen LogP contribution in [0.4, 0.5) is 8.78 Å². The molecule has 3 aromatic rings. The highest BCUT2D eigenvalue weighted by atomic mass is 19.3. The molecule has 24 heavy (non-hydrogen) atoms. The lowest BCUT2D eigenvalue weighted by Gasteiger charge is -2.08. The Kier molecular flexibility index (Phi) is 4.24. The first-order chi connectivity index (χ1) is 11.5. The first-order valence-electron chi connectivity index (χ1n) is 7.39. The molecule has 0 aliphatic heterocycles. The molecule has 3 rings (SSSR count). The molecule has 0 atom stereocenters. The molecule has 0 aliphatic rings. The minimum atomic E-state index is -2.76. The number of aryl methyl sites for hydroxylation is 1. The first-order valence-corrected chi connectivity index (χ1v) is 7.39. The summed E-state index contributed by atoms with van der Waals surface area (Å²) in [6.07, 6.45) is -0.691. The van der Waals surface area contributed by atoms with Gasteiger partial charge in [0.25, 0.3) is 6.43 Å². The van der Waals surface area contributed by atoms with Crippen LogP contribution in [0.3, 0.4) is 0 Å². The fraction of sp³-hybridized carbons (Fsp3) is 0.235. The summed E-state index contributed by atoms with van der Waals surface area (Å²) in [6.45, 7) is 2.03. The van der Waals surface area contributed by atoms with E-state index >= 15 is 0 Å². The summed E-state index contributed by atoms with van der Waals surface area (Å²) in [5.41, 5.74) is 1.94. The van der Waals surface area contributed by atoms with Crippen LogP contribution in [0, 0.1) is 0 Å². The van der Waals surface area contributed by atoms with Gasteiger partial charge in [0.15, 0.2) is 5.65 Å². The van der Waals surface area contributed by atoms with Crippen LogP contribution in [0.2, 0.25) is 0 Å². The number of methoxy groups -OCH3 is 1. The summed E-state index contributed by atoms with van der Waals surface area (Å²) < 4.78 is 32.4. The molecular formula is C17H15F2N3O2. The van der Waals surface area contributed by atoms with E-state index in [4.69, 9.17) is 0 Å². The van der Waals surface area contributed by atoms with Crippen molar-refractivity contribution in [1.82, 2.24) is 14.6 Å². The third-order valence-corrected chi connectivity index (χ3v) is 3.79. The number of hydrogen-bond donors (Lipinski definition) is 0. The fourth-order valence-electron chi connectivity index (χ4n) is 2.45. The van der Waals surface area contributed by atoms with Crippen molar-refractivity contribution in [2.24, 2.45) is 0 Å². The summed E-state index contributed by atoms with van der Waals surface area (Å²) in [5.74, 6) is -0.670. The summed E-state index contributed by atoms with van der Waals surface area (Å²) in [6, 6.07) is 8.76. The lowest BCUT2D eigenvalue weighted by molar-refractivity contribution is 0.0602. The molecular weight excluding hydrogens is 316 g/mol. The van der Waals surface area contributed by atoms with E-state index in [0.29, 0.717) is 11.3 Å². The Bertz CT molecular complexity index is 889. The minimum Gasteiger partial charge on any atom is -0.465 e. The first kappa shape index (κ1) is 16.0. The van der Waals surface area contributed by atoms with Crippen molar-refractivity contribution in [2.45, 2.75) is 19.8 Å². The topological polar surface area (TPSA) is 56.5 Å². The fourth-order valence-corrected chi connectivity index (χ4v) is 2.45. The van der Waals surface area contributed by atoms with Crippen LogP contribution < -0.4 is 0 Å². The van der Waals surface area contributed by atoms with Gasteiger partial charge in [-0.1, -0.05) is 31.2 Å². The predicted molar refractivity (Wildman–Crippen MR) is 84.1 cm³/mol. The van der Waals surface area contributed by atoms with Crippen LogP contribution in [0.5, 0.6) is 0 Å². The van der Waals surface area contributed by atoms with Crippen molar-refractivity contribution in [2.75, 3.05) is 7.11 Å². The second-order valence-electron chi connectivity index (χ2n) is 5.20. The SMILES string of the molecule is CCc1ccc(-c2cc(C(F)F)n3ncc(C(=O)OC)c3n2)cc1. The standard InChI is InChI=1S/C17H15F2N3O2/c1-3-10-4-6-11(7-5-10)13-8-14(15(18)19)22-16(21-13)12(9-20-22)17(23)24-2/h4-9,15H,3H2,1-2H3. The average Bonchev–Trinajstić information content (AvgIpc) is 3.04. The van der Waals surface area contributed by atoms with Gasteiger partial charge in [-0.2, -0.15) is 5.10 Å². The van der Waals surface area contributed by atoms with Crippen LogP contribution >= 0.6 is 0 Å². The highest BCUT2D eigenvalue weighted by Crippen LogP contribution is 2.27. The quantitative estimate of drug-likeness (QED) is 0.684. The van der Waals surface area contributed by atoms with Crippen molar-refractivity contribution in [3.63, 3.8) is 0 Å². The molecule has 0 aliphatic carbocycles. The number of halogens is 2. The number of ether oxygens (including phenoxy) is 1. The van der Waals surface area contributed by atoms with E-state index in [9.17, 15) is 13.6 Å². The molecule has 0 amide bonds. The van der Waals surface area contributed by atoms with Crippen molar-refractivity contribution in [3.8, 4) is 11.3 Å². The highest BCUT2D eigenvalue weighted by Gasteiger charge is 2.21. The Morgan fingerprint density at radius 1 is 1.29 bits per heavy atom. The van der Waals surface area contributed by atoms with Gasteiger partial charge in [0.2, 0.25) is 0 Å². The van der Waals surface area contributed by atoms with Gasteiger partial charge in [0.05, 0.1) is 19.0 Å². The number of nitrogens with zero attached hydrogens (tertiary/aromatic N) is 3. The second-order valence-corrected chi connectivity index (χ2v) is 5.20. The largest absolute Gasteiger partial charge is 0.465 e.